The maximum atomic E-state index is 8.88. The van der Waals surface area contributed by atoms with Gasteiger partial charge in [0.05, 0.1) is 12.3 Å². The van der Waals surface area contributed by atoms with Gasteiger partial charge in [0.25, 0.3) is 0 Å². The first kappa shape index (κ1) is 13.2. The van der Waals surface area contributed by atoms with Crippen LogP contribution in [0.4, 0.5) is 5.69 Å². The molecule has 0 aliphatic carbocycles. The van der Waals surface area contributed by atoms with Gasteiger partial charge in [-0.05, 0) is 31.5 Å². The number of aromatic nitrogens is 2. The predicted octanol–water partition coefficient (Wildman–Crippen LogP) is 2.83. The molecule has 0 spiro atoms. The van der Waals surface area contributed by atoms with Crippen molar-refractivity contribution in [1.29, 1.82) is 5.26 Å². The number of nitriles is 1. The van der Waals surface area contributed by atoms with Crippen molar-refractivity contribution in [2.45, 2.75) is 19.9 Å². The van der Waals surface area contributed by atoms with Crippen molar-refractivity contribution in [1.82, 2.24) is 9.78 Å². The van der Waals surface area contributed by atoms with Crippen LogP contribution in [0.5, 0.6) is 0 Å². The number of rotatable bonds is 4. The van der Waals surface area contributed by atoms with E-state index in [1.54, 1.807) is 4.68 Å². The monoisotopic (exact) mass is 254 g/mol. The Labute approximate surface area is 113 Å². The minimum absolute atomic E-state index is 0.309. The molecule has 1 aromatic heterocycles. The number of hydrogen-bond donors (Lipinski definition) is 0. The summed E-state index contributed by atoms with van der Waals surface area (Å²) >= 11 is 0. The Morgan fingerprint density at radius 3 is 2.42 bits per heavy atom. The Bertz CT molecular complexity index is 575. The first-order valence-corrected chi connectivity index (χ1v) is 6.34. The van der Waals surface area contributed by atoms with E-state index in [4.69, 9.17) is 5.26 Å². The lowest BCUT2D eigenvalue weighted by Gasteiger charge is -2.26. The van der Waals surface area contributed by atoms with Gasteiger partial charge in [0, 0.05) is 30.5 Å². The summed E-state index contributed by atoms with van der Waals surface area (Å²) < 4.78 is 1.79. The first-order valence-electron chi connectivity index (χ1n) is 6.34. The highest BCUT2D eigenvalue weighted by Crippen LogP contribution is 2.23. The van der Waals surface area contributed by atoms with Crippen LogP contribution in [0, 0.1) is 11.3 Å². The van der Waals surface area contributed by atoms with E-state index in [1.807, 2.05) is 19.4 Å². The maximum Gasteiger partial charge on any atom is 0.106 e. The van der Waals surface area contributed by atoms with Crippen molar-refractivity contribution >= 4 is 5.69 Å². The molecule has 0 atom stereocenters. The van der Waals surface area contributed by atoms with E-state index in [2.05, 4.69) is 54.2 Å². The fraction of sp³-hybridized carbons (Fsp3) is 0.333. The highest BCUT2D eigenvalue weighted by Gasteiger charge is 2.10. The quantitative estimate of drug-likeness (QED) is 0.788. The van der Waals surface area contributed by atoms with Crippen LogP contribution < -0.4 is 4.90 Å². The van der Waals surface area contributed by atoms with Crippen molar-refractivity contribution in [2.75, 3.05) is 11.4 Å². The van der Waals surface area contributed by atoms with Crippen LogP contribution in [-0.4, -0.2) is 22.4 Å². The summed E-state index contributed by atoms with van der Waals surface area (Å²) in [7, 11) is 1.91. The standard InChI is InChI=1S/C15H18N4/c1-12(2)19(9-8-16)15-6-4-13(5-7-15)14-10-17-18(3)11-14/h4-7,10-12H,9H2,1-3H3. The minimum Gasteiger partial charge on any atom is -0.356 e. The van der Waals surface area contributed by atoms with Crippen molar-refractivity contribution < 1.29 is 0 Å². The summed E-state index contributed by atoms with van der Waals surface area (Å²) in [6.07, 6.45) is 3.84. The molecule has 1 aromatic carbocycles. The summed E-state index contributed by atoms with van der Waals surface area (Å²) in [6.45, 7) is 4.59. The second-order valence-corrected chi connectivity index (χ2v) is 4.83. The van der Waals surface area contributed by atoms with E-state index in [0.717, 1.165) is 16.8 Å². The van der Waals surface area contributed by atoms with Crippen molar-refractivity contribution in [3.63, 3.8) is 0 Å². The summed E-state index contributed by atoms with van der Waals surface area (Å²) in [6, 6.07) is 10.8. The van der Waals surface area contributed by atoms with Gasteiger partial charge in [-0.3, -0.25) is 4.68 Å². The van der Waals surface area contributed by atoms with Crippen LogP contribution in [0.3, 0.4) is 0 Å². The molecule has 0 radical (unpaired) electrons. The second kappa shape index (κ2) is 5.57. The van der Waals surface area contributed by atoms with Crippen molar-refractivity contribution in [2.24, 2.45) is 7.05 Å². The number of benzene rings is 1. The zero-order valence-corrected chi connectivity index (χ0v) is 11.5. The van der Waals surface area contributed by atoms with Gasteiger partial charge in [0.15, 0.2) is 0 Å². The SMILES string of the molecule is CC(C)N(CC#N)c1ccc(-c2cnn(C)c2)cc1. The third-order valence-corrected chi connectivity index (χ3v) is 3.10. The minimum atomic E-state index is 0.309. The van der Waals surface area contributed by atoms with Crippen LogP contribution in [0.15, 0.2) is 36.7 Å². The molecule has 2 aromatic rings. The third-order valence-electron chi connectivity index (χ3n) is 3.10. The molecule has 1 heterocycles. The Morgan fingerprint density at radius 1 is 1.26 bits per heavy atom. The molecule has 0 fully saturated rings. The largest absolute Gasteiger partial charge is 0.356 e. The van der Waals surface area contributed by atoms with Gasteiger partial charge in [-0.15, -0.1) is 0 Å². The van der Waals surface area contributed by atoms with E-state index in [1.165, 1.54) is 0 Å². The second-order valence-electron chi connectivity index (χ2n) is 4.83. The van der Waals surface area contributed by atoms with Gasteiger partial charge in [0.1, 0.15) is 6.54 Å². The molecule has 4 heteroatoms. The number of nitrogens with zero attached hydrogens (tertiary/aromatic N) is 4. The fourth-order valence-electron chi connectivity index (χ4n) is 2.06. The Balaban J connectivity index is 2.25. The van der Waals surface area contributed by atoms with Crippen molar-refractivity contribution in [3.05, 3.63) is 36.7 Å². The lowest BCUT2D eigenvalue weighted by molar-refractivity contribution is 0.726. The zero-order valence-electron chi connectivity index (χ0n) is 11.5. The smallest absolute Gasteiger partial charge is 0.106 e. The molecule has 98 valence electrons. The van der Waals surface area contributed by atoms with E-state index >= 15 is 0 Å². The summed E-state index contributed by atoms with van der Waals surface area (Å²) in [5, 5.41) is 13.1. The van der Waals surface area contributed by atoms with Gasteiger partial charge < -0.3 is 4.90 Å². The summed E-state index contributed by atoms with van der Waals surface area (Å²) in [5.74, 6) is 0. The topological polar surface area (TPSA) is 44.9 Å². The van der Waals surface area contributed by atoms with Gasteiger partial charge in [-0.1, -0.05) is 12.1 Å². The average molecular weight is 254 g/mol. The van der Waals surface area contributed by atoms with Gasteiger partial charge in [-0.2, -0.15) is 10.4 Å². The van der Waals surface area contributed by atoms with Crippen LogP contribution in [0.1, 0.15) is 13.8 Å². The predicted molar refractivity (Wildman–Crippen MR) is 76.7 cm³/mol. The molecule has 19 heavy (non-hydrogen) atoms. The lowest BCUT2D eigenvalue weighted by Crippen LogP contribution is -2.30. The van der Waals surface area contributed by atoms with E-state index in [9.17, 15) is 0 Å². The first-order chi connectivity index (χ1) is 9.11. The molecule has 2 rings (SSSR count). The zero-order chi connectivity index (χ0) is 13.8. The van der Waals surface area contributed by atoms with E-state index < -0.39 is 0 Å². The molecular formula is C15H18N4. The highest BCUT2D eigenvalue weighted by atomic mass is 15.2. The molecule has 4 nitrogen and oxygen atoms in total. The summed E-state index contributed by atoms with van der Waals surface area (Å²) in [4.78, 5) is 2.08. The molecule has 0 aliphatic heterocycles. The Morgan fingerprint density at radius 2 is 1.95 bits per heavy atom. The molecule has 0 bridgehead atoms. The molecule has 0 aliphatic rings. The normalized spacial score (nSPS) is 10.5. The molecule has 0 N–H and O–H groups in total. The molecule has 0 saturated heterocycles. The summed E-state index contributed by atoms with van der Waals surface area (Å²) in [5.41, 5.74) is 3.31. The third kappa shape index (κ3) is 2.94. The molecular weight excluding hydrogens is 236 g/mol. The molecule has 0 saturated carbocycles. The average Bonchev–Trinajstić information content (AvgIpc) is 2.82. The van der Waals surface area contributed by atoms with Gasteiger partial charge in [0.2, 0.25) is 0 Å². The van der Waals surface area contributed by atoms with Crippen LogP contribution >= 0.6 is 0 Å². The number of hydrogen-bond acceptors (Lipinski definition) is 3. The van der Waals surface area contributed by atoms with Gasteiger partial charge in [-0.25, -0.2) is 0 Å². The van der Waals surface area contributed by atoms with E-state index in [-0.39, 0.29) is 0 Å². The highest BCUT2D eigenvalue weighted by molar-refractivity contribution is 5.65. The maximum absolute atomic E-state index is 8.88. The fourth-order valence-corrected chi connectivity index (χ4v) is 2.06. The number of aryl methyl sites for hydroxylation is 1. The van der Waals surface area contributed by atoms with Crippen molar-refractivity contribution in [3.8, 4) is 17.2 Å². The van der Waals surface area contributed by atoms with E-state index in [0.29, 0.717) is 12.6 Å². The van der Waals surface area contributed by atoms with Crippen LogP contribution in [0.2, 0.25) is 0 Å². The molecule has 0 amide bonds. The molecule has 0 unspecified atom stereocenters. The van der Waals surface area contributed by atoms with Crippen LogP contribution in [0.25, 0.3) is 11.1 Å². The lowest BCUT2D eigenvalue weighted by atomic mass is 10.1. The number of anilines is 1. The Hall–Kier alpha value is -2.28. The Kier molecular flexibility index (Phi) is 3.86. The van der Waals surface area contributed by atoms with Crippen LogP contribution in [-0.2, 0) is 7.05 Å². The van der Waals surface area contributed by atoms with Gasteiger partial charge >= 0.3 is 0 Å².